The summed E-state index contributed by atoms with van der Waals surface area (Å²) >= 11 is 5.13. The Labute approximate surface area is 123 Å². The quantitative estimate of drug-likeness (QED) is 0.914. The standard InChI is InChI=1S/C14H11BrN2OS/c15-11-7-16-6-5-9(11)14(18)17-12-8-19-13-4-2-1-3-10(12)13/h1-7,12H,8H2,(H,17,18). The molecule has 1 aromatic heterocycles. The SMILES string of the molecule is O=C(NC1CSc2ccccc21)c1ccncc1Br. The van der Waals surface area contributed by atoms with Crippen LogP contribution in [0.4, 0.5) is 0 Å². The van der Waals surface area contributed by atoms with Gasteiger partial charge in [-0.15, -0.1) is 11.8 Å². The normalized spacial score (nSPS) is 17.0. The van der Waals surface area contributed by atoms with Crippen molar-refractivity contribution >= 4 is 33.6 Å². The van der Waals surface area contributed by atoms with Gasteiger partial charge in [-0.05, 0) is 33.6 Å². The molecule has 0 radical (unpaired) electrons. The summed E-state index contributed by atoms with van der Waals surface area (Å²) in [4.78, 5) is 17.5. The lowest BCUT2D eigenvalue weighted by Crippen LogP contribution is -2.28. The second-order valence-electron chi connectivity index (χ2n) is 4.23. The lowest BCUT2D eigenvalue weighted by atomic mass is 10.1. The predicted molar refractivity (Wildman–Crippen MR) is 79.3 cm³/mol. The fourth-order valence-corrected chi connectivity index (χ4v) is 3.67. The zero-order chi connectivity index (χ0) is 13.2. The lowest BCUT2D eigenvalue weighted by molar-refractivity contribution is 0.0940. The highest BCUT2D eigenvalue weighted by atomic mass is 79.9. The van der Waals surface area contributed by atoms with Crippen molar-refractivity contribution in [1.29, 1.82) is 0 Å². The van der Waals surface area contributed by atoms with Gasteiger partial charge in [-0.25, -0.2) is 0 Å². The second kappa shape index (κ2) is 5.35. The Morgan fingerprint density at radius 1 is 1.37 bits per heavy atom. The first-order valence-electron chi connectivity index (χ1n) is 5.88. The summed E-state index contributed by atoms with van der Waals surface area (Å²) in [5.74, 6) is 0.810. The van der Waals surface area contributed by atoms with Crippen LogP contribution in [0.25, 0.3) is 0 Å². The third-order valence-corrected chi connectivity index (χ3v) is 4.84. The largest absolute Gasteiger partial charge is 0.344 e. The van der Waals surface area contributed by atoms with Crippen LogP contribution in [-0.4, -0.2) is 16.6 Å². The van der Waals surface area contributed by atoms with E-state index in [4.69, 9.17) is 0 Å². The first-order valence-corrected chi connectivity index (χ1v) is 7.65. The molecule has 1 aliphatic heterocycles. The molecule has 19 heavy (non-hydrogen) atoms. The smallest absolute Gasteiger partial charge is 0.253 e. The lowest BCUT2D eigenvalue weighted by Gasteiger charge is -2.13. The Balaban J connectivity index is 1.81. The van der Waals surface area contributed by atoms with E-state index in [-0.39, 0.29) is 11.9 Å². The first-order chi connectivity index (χ1) is 9.25. The number of carbonyl (C=O) groups is 1. The van der Waals surface area contributed by atoms with Crippen LogP contribution in [0.1, 0.15) is 22.0 Å². The molecular weight excluding hydrogens is 324 g/mol. The molecule has 0 bridgehead atoms. The van der Waals surface area contributed by atoms with Crippen LogP contribution in [0.15, 0.2) is 52.1 Å². The molecule has 0 fully saturated rings. The van der Waals surface area contributed by atoms with Gasteiger partial charge in [-0.3, -0.25) is 9.78 Å². The average molecular weight is 335 g/mol. The van der Waals surface area contributed by atoms with Gasteiger partial charge in [0, 0.05) is 27.5 Å². The van der Waals surface area contributed by atoms with E-state index in [2.05, 4.69) is 38.4 Å². The molecule has 2 heterocycles. The number of thioether (sulfide) groups is 1. The summed E-state index contributed by atoms with van der Waals surface area (Å²) in [6.45, 7) is 0. The van der Waals surface area contributed by atoms with Crippen molar-refractivity contribution in [3.05, 3.63) is 58.3 Å². The van der Waals surface area contributed by atoms with E-state index in [1.807, 2.05) is 12.1 Å². The van der Waals surface area contributed by atoms with Crippen LogP contribution in [0, 0.1) is 0 Å². The monoisotopic (exact) mass is 334 g/mol. The van der Waals surface area contributed by atoms with E-state index in [1.165, 1.54) is 10.5 Å². The minimum atomic E-state index is -0.0726. The topological polar surface area (TPSA) is 42.0 Å². The molecule has 96 valence electrons. The molecule has 3 rings (SSSR count). The van der Waals surface area contributed by atoms with Gasteiger partial charge < -0.3 is 5.32 Å². The van der Waals surface area contributed by atoms with Gasteiger partial charge >= 0.3 is 0 Å². The molecule has 1 aliphatic rings. The molecule has 0 spiro atoms. The third kappa shape index (κ3) is 2.53. The van der Waals surface area contributed by atoms with Crippen LogP contribution >= 0.6 is 27.7 Å². The van der Waals surface area contributed by atoms with Crippen molar-refractivity contribution in [2.45, 2.75) is 10.9 Å². The maximum atomic E-state index is 12.3. The van der Waals surface area contributed by atoms with Gasteiger partial charge in [0.05, 0.1) is 11.6 Å². The number of hydrogen-bond donors (Lipinski definition) is 1. The number of hydrogen-bond acceptors (Lipinski definition) is 3. The first kappa shape index (κ1) is 12.7. The fourth-order valence-electron chi connectivity index (χ4n) is 2.08. The number of fused-ring (bicyclic) bond motifs is 1. The Bertz CT molecular complexity index is 632. The number of carbonyl (C=O) groups excluding carboxylic acids is 1. The Morgan fingerprint density at radius 3 is 3.05 bits per heavy atom. The van der Waals surface area contributed by atoms with Gasteiger partial charge in [0.1, 0.15) is 0 Å². The van der Waals surface area contributed by atoms with E-state index in [9.17, 15) is 4.79 Å². The zero-order valence-electron chi connectivity index (χ0n) is 9.97. The van der Waals surface area contributed by atoms with Gasteiger partial charge in [0.2, 0.25) is 0 Å². The molecule has 1 N–H and O–H groups in total. The predicted octanol–water partition coefficient (Wildman–Crippen LogP) is 3.42. The number of nitrogens with one attached hydrogen (secondary N) is 1. The molecule has 5 heteroatoms. The minimum Gasteiger partial charge on any atom is -0.344 e. The van der Waals surface area contributed by atoms with Crippen molar-refractivity contribution in [3.63, 3.8) is 0 Å². The summed E-state index contributed by atoms with van der Waals surface area (Å²) in [5.41, 5.74) is 1.82. The molecule has 0 saturated carbocycles. The zero-order valence-corrected chi connectivity index (χ0v) is 12.4. The molecule has 1 aromatic carbocycles. The van der Waals surface area contributed by atoms with Crippen molar-refractivity contribution in [2.24, 2.45) is 0 Å². The summed E-state index contributed by atoms with van der Waals surface area (Å²) in [5, 5.41) is 3.07. The number of rotatable bonds is 2. The van der Waals surface area contributed by atoms with Crippen LogP contribution in [0.5, 0.6) is 0 Å². The third-order valence-electron chi connectivity index (χ3n) is 3.02. The van der Waals surface area contributed by atoms with Gasteiger partial charge in [-0.2, -0.15) is 0 Å². The molecule has 2 aromatic rings. The summed E-state index contributed by atoms with van der Waals surface area (Å²) in [7, 11) is 0. The number of aromatic nitrogens is 1. The maximum Gasteiger partial charge on any atom is 0.253 e. The number of pyridine rings is 1. The molecular formula is C14H11BrN2OS. The van der Waals surface area contributed by atoms with Gasteiger partial charge in [-0.1, -0.05) is 18.2 Å². The number of amides is 1. The van der Waals surface area contributed by atoms with E-state index in [0.29, 0.717) is 10.0 Å². The fraction of sp³-hybridized carbons (Fsp3) is 0.143. The van der Waals surface area contributed by atoms with Crippen molar-refractivity contribution < 1.29 is 4.79 Å². The summed E-state index contributed by atoms with van der Waals surface area (Å²) in [6, 6.07) is 9.99. The number of halogens is 1. The molecule has 0 saturated heterocycles. The summed E-state index contributed by atoms with van der Waals surface area (Å²) in [6.07, 6.45) is 3.25. The van der Waals surface area contributed by atoms with Gasteiger partial charge in [0.25, 0.3) is 5.91 Å². The number of benzene rings is 1. The Kier molecular flexibility index (Phi) is 3.57. The highest BCUT2D eigenvalue weighted by molar-refractivity contribution is 9.10. The highest BCUT2D eigenvalue weighted by Gasteiger charge is 2.24. The molecule has 0 aliphatic carbocycles. The van der Waals surface area contributed by atoms with Crippen molar-refractivity contribution in [1.82, 2.24) is 10.3 Å². The van der Waals surface area contributed by atoms with E-state index in [0.717, 1.165) is 5.75 Å². The van der Waals surface area contributed by atoms with Crippen LogP contribution in [-0.2, 0) is 0 Å². The molecule has 1 unspecified atom stereocenters. The second-order valence-corrected chi connectivity index (χ2v) is 6.15. The Hall–Kier alpha value is -1.33. The van der Waals surface area contributed by atoms with E-state index < -0.39 is 0 Å². The van der Waals surface area contributed by atoms with Gasteiger partial charge in [0.15, 0.2) is 0 Å². The van der Waals surface area contributed by atoms with Crippen molar-refractivity contribution in [2.75, 3.05) is 5.75 Å². The van der Waals surface area contributed by atoms with Crippen LogP contribution in [0.2, 0.25) is 0 Å². The number of nitrogens with zero attached hydrogens (tertiary/aromatic N) is 1. The Morgan fingerprint density at radius 2 is 2.21 bits per heavy atom. The van der Waals surface area contributed by atoms with E-state index in [1.54, 1.807) is 30.2 Å². The van der Waals surface area contributed by atoms with Crippen LogP contribution in [0.3, 0.4) is 0 Å². The molecule has 3 nitrogen and oxygen atoms in total. The minimum absolute atomic E-state index is 0.0726. The van der Waals surface area contributed by atoms with E-state index >= 15 is 0 Å². The molecule has 1 amide bonds. The highest BCUT2D eigenvalue weighted by Crippen LogP contribution is 2.37. The van der Waals surface area contributed by atoms with Crippen molar-refractivity contribution in [3.8, 4) is 0 Å². The average Bonchev–Trinajstić information content (AvgIpc) is 2.83. The molecule has 1 atom stereocenters. The summed E-state index contributed by atoms with van der Waals surface area (Å²) < 4.78 is 0.714. The van der Waals surface area contributed by atoms with Crippen LogP contribution < -0.4 is 5.32 Å². The maximum absolute atomic E-state index is 12.3.